The van der Waals surface area contributed by atoms with Crippen molar-refractivity contribution in [2.45, 2.75) is 32.0 Å². The molecule has 43 heavy (non-hydrogen) atoms. The van der Waals surface area contributed by atoms with Crippen molar-refractivity contribution < 1.29 is 34.1 Å². The molecule has 1 aliphatic heterocycles. The molecular formula is C33H35N3O7. The molecule has 0 saturated heterocycles. The first-order chi connectivity index (χ1) is 20.4. The maximum absolute atomic E-state index is 14.2. The molecular weight excluding hydrogens is 550 g/mol. The van der Waals surface area contributed by atoms with Gasteiger partial charge in [-0.15, -0.1) is 0 Å². The number of carbonyl (C=O) groups excluding carboxylic acids is 3. The van der Waals surface area contributed by atoms with Gasteiger partial charge in [-0.2, -0.15) is 0 Å². The summed E-state index contributed by atoms with van der Waals surface area (Å²) in [7, 11) is 1.49. The second kappa shape index (κ2) is 13.0. The van der Waals surface area contributed by atoms with Gasteiger partial charge in [-0.05, 0) is 42.2 Å². The first kappa shape index (κ1) is 31.1. The third-order valence-electron chi connectivity index (χ3n) is 7.48. The maximum Gasteiger partial charge on any atom is 0.351 e. The summed E-state index contributed by atoms with van der Waals surface area (Å²) in [4.78, 5) is 56.4. The molecule has 0 aliphatic carbocycles. The van der Waals surface area contributed by atoms with Gasteiger partial charge in [0.2, 0.25) is 5.72 Å². The Morgan fingerprint density at radius 2 is 1.60 bits per heavy atom. The fourth-order valence-corrected chi connectivity index (χ4v) is 5.16. The van der Waals surface area contributed by atoms with Crippen molar-refractivity contribution in [1.82, 2.24) is 9.80 Å². The van der Waals surface area contributed by atoms with Crippen molar-refractivity contribution in [3.05, 3.63) is 108 Å². The van der Waals surface area contributed by atoms with Gasteiger partial charge in [-0.1, -0.05) is 74.5 Å². The molecule has 3 aromatic rings. The van der Waals surface area contributed by atoms with Crippen LogP contribution in [0.2, 0.25) is 0 Å². The molecule has 0 fully saturated rings. The zero-order valence-electron chi connectivity index (χ0n) is 24.2. The highest BCUT2D eigenvalue weighted by Crippen LogP contribution is 2.33. The SMILES string of the molecule is COc1cccc(C2=CN(C(=O)c3ccccc3)C(C(C)C)C(=O)N2CC(=O)[C@@H](Cc2ccccc2)C(N)(O)C(=O)O)c1. The second-order valence-corrected chi connectivity index (χ2v) is 10.8. The molecule has 2 amide bonds. The molecule has 0 spiro atoms. The van der Waals surface area contributed by atoms with E-state index in [0.717, 1.165) is 0 Å². The number of Topliss-reactive ketones (excluding diaryl/α,β-unsaturated/α-hetero) is 1. The van der Waals surface area contributed by atoms with Crippen LogP contribution in [0.15, 0.2) is 91.1 Å². The molecule has 0 aromatic heterocycles. The first-order valence-electron chi connectivity index (χ1n) is 13.8. The predicted octanol–water partition coefficient (Wildman–Crippen LogP) is 3.16. The van der Waals surface area contributed by atoms with Crippen LogP contribution in [0, 0.1) is 11.8 Å². The maximum atomic E-state index is 14.2. The number of benzene rings is 3. The van der Waals surface area contributed by atoms with E-state index in [4.69, 9.17) is 10.5 Å². The van der Waals surface area contributed by atoms with Gasteiger partial charge in [-0.3, -0.25) is 20.1 Å². The van der Waals surface area contributed by atoms with E-state index in [0.29, 0.717) is 22.4 Å². The number of methoxy groups -OCH3 is 1. The number of ether oxygens (including phenoxy) is 1. The van der Waals surface area contributed by atoms with E-state index < -0.39 is 47.8 Å². The van der Waals surface area contributed by atoms with Crippen LogP contribution in [-0.2, 0) is 20.8 Å². The Labute approximate surface area is 250 Å². The van der Waals surface area contributed by atoms with Crippen molar-refractivity contribution in [3.8, 4) is 5.75 Å². The molecule has 2 unspecified atom stereocenters. The van der Waals surface area contributed by atoms with Gasteiger partial charge in [0, 0.05) is 17.3 Å². The molecule has 0 saturated carbocycles. The molecule has 1 heterocycles. The number of amides is 2. The van der Waals surface area contributed by atoms with Crippen molar-refractivity contribution in [2.75, 3.05) is 13.7 Å². The molecule has 3 aromatic carbocycles. The molecule has 4 N–H and O–H groups in total. The number of carbonyl (C=O) groups is 4. The molecule has 3 atom stereocenters. The van der Waals surface area contributed by atoms with Crippen LogP contribution in [0.4, 0.5) is 0 Å². The summed E-state index contributed by atoms with van der Waals surface area (Å²) in [6.45, 7) is 2.99. The van der Waals surface area contributed by atoms with Gasteiger partial charge in [0.1, 0.15) is 11.8 Å². The molecule has 224 valence electrons. The Hall–Kier alpha value is -4.80. The fraction of sp³-hybridized carbons (Fsp3) is 0.273. The molecule has 0 radical (unpaired) electrons. The Morgan fingerprint density at radius 1 is 0.977 bits per heavy atom. The normalized spacial score (nSPS) is 17.2. The van der Waals surface area contributed by atoms with Crippen LogP contribution in [0.3, 0.4) is 0 Å². The first-order valence-corrected chi connectivity index (χ1v) is 13.8. The lowest BCUT2D eigenvalue weighted by atomic mass is 9.85. The van der Waals surface area contributed by atoms with Gasteiger partial charge >= 0.3 is 5.97 Å². The minimum atomic E-state index is -2.90. The quantitative estimate of drug-likeness (QED) is 0.291. The lowest BCUT2D eigenvalue weighted by Crippen LogP contribution is -2.60. The van der Waals surface area contributed by atoms with Gasteiger partial charge in [0.25, 0.3) is 11.8 Å². The topological polar surface area (TPSA) is 150 Å². The number of nitrogens with zero attached hydrogens (tertiary/aromatic N) is 2. The van der Waals surface area contributed by atoms with E-state index in [1.807, 2.05) is 0 Å². The zero-order chi connectivity index (χ0) is 31.3. The number of carboxylic acids is 1. The average Bonchev–Trinajstić information content (AvgIpc) is 3.00. The van der Waals surface area contributed by atoms with E-state index in [1.165, 1.54) is 23.1 Å². The minimum Gasteiger partial charge on any atom is -0.497 e. The summed E-state index contributed by atoms with van der Waals surface area (Å²) >= 11 is 0. The monoisotopic (exact) mass is 585 g/mol. The molecule has 0 bridgehead atoms. The largest absolute Gasteiger partial charge is 0.497 e. The highest BCUT2D eigenvalue weighted by Gasteiger charge is 2.47. The van der Waals surface area contributed by atoms with Crippen molar-refractivity contribution >= 4 is 29.3 Å². The van der Waals surface area contributed by atoms with E-state index in [9.17, 15) is 29.4 Å². The summed E-state index contributed by atoms with van der Waals surface area (Å²) in [6.07, 6.45) is 1.35. The number of aliphatic carboxylic acids is 1. The standard InChI is InChI=1S/C33H35N3O7/c1-21(2)29-31(39)35(20-28(37)26(33(34,42)32(40)41)17-22-11-6-4-7-12-22)27(24-15-10-16-25(18-24)43-3)19-36(29)30(38)23-13-8-5-9-14-23/h4-16,18-19,21,26,29,42H,17,20,34H2,1-3H3,(H,40,41)/t26-,29?,33?/m1/s1. The van der Waals surface area contributed by atoms with Crippen LogP contribution in [-0.4, -0.2) is 69.0 Å². The highest BCUT2D eigenvalue weighted by atomic mass is 16.5. The summed E-state index contributed by atoms with van der Waals surface area (Å²) in [5, 5.41) is 20.5. The Kier molecular flexibility index (Phi) is 9.43. The van der Waals surface area contributed by atoms with E-state index in [1.54, 1.807) is 98.8 Å². The van der Waals surface area contributed by atoms with Crippen LogP contribution >= 0.6 is 0 Å². The Balaban J connectivity index is 1.82. The third-order valence-corrected chi connectivity index (χ3v) is 7.48. The fourth-order valence-electron chi connectivity index (χ4n) is 5.16. The number of ketones is 1. The number of carboxylic acid groups (broad SMARTS) is 1. The second-order valence-electron chi connectivity index (χ2n) is 10.8. The van der Waals surface area contributed by atoms with Crippen molar-refractivity contribution in [1.29, 1.82) is 0 Å². The van der Waals surface area contributed by atoms with E-state index in [-0.39, 0.29) is 18.0 Å². The summed E-state index contributed by atoms with van der Waals surface area (Å²) in [6, 6.07) is 22.9. The highest BCUT2D eigenvalue weighted by molar-refractivity contribution is 6.04. The van der Waals surface area contributed by atoms with Gasteiger partial charge in [0.15, 0.2) is 5.78 Å². The number of aliphatic hydroxyl groups is 1. The number of nitrogens with two attached hydrogens (primary N) is 1. The van der Waals surface area contributed by atoms with E-state index in [2.05, 4.69) is 0 Å². The molecule has 10 nitrogen and oxygen atoms in total. The average molecular weight is 586 g/mol. The molecule has 10 heteroatoms. The molecule has 1 aliphatic rings. The number of hydrogen-bond acceptors (Lipinski definition) is 7. The van der Waals surface area contributed by atoms with Crippen molar-refractivity contribution in [2.24, 2.45) is 17.6 Å². The molecule has 4 rings (SSSR count). The Bertz CT molecular complexity index is 1520. The third kappa shape index (κ3) is 6.66. The zero-order valence-corrected chi connectivity index (χ0v) is 24.2. The van der Waals surface area contributed by atoms with Gasteiger partial charge < -0.3 is 24.7 Å². The van der Waals surface area contributed by atoms with Crippen molar-refractivity contribution in [3.63, 3.8) is 0 Å². The summed E-state index contributed by atoms with van der Waals surface area (Å²) in [5.74, 6) is -4.93. The van der Waals surface area contributed by atoms with Crippen LogP contribution in [0.1, 0.15) is 35.3 Å². The number of hydrogen-bond donors (Lipinski definition) is 3. The Morgan fingerprint density at radius 3 is 2.19 bits per heavy atom. The lowest BCUT2D eigenvalue weighted by molar-refractivity contribution is -0.168. The minimum absolute atomic E-state index is 0.175. The number of rotatable bonds is 11. The lowest BCUT2D eigenvalue weighted by Gasteiger charge is -2.41. The summed E-state index contributed by atoms with van der Waals surface area (Å²) < 4.78 is 5.37. The predicted molar refractivity (Wildman–Crippen MR) is 159 cm³/mol. The van der Waals surface area contributed by atoms with E-state index >= 15 is 0 Å². The van der Waals surface area contributed by atoms with Crippen LogP contribution in [0.5, 0.6) is 5.75 Å². The van der Waals surface area contributed by atoms with Crippen LogP contribution in [0.25, 0.3) is 5.70 Å². The van der Waals surface area contributed by atoms with Crippen LogP contribution < -0.4 is 10.5 Å². The van der Waals surface area contributed by atoms with Gasteiger partial charge in [-0.25, -0.2) is 4.79 Å². The van der Waals surface area contributed by atoms with Gasteiger partial charge in [0.05, 0.1) is 25.3 Å². The smallest absolute Gasteiger partial charge is 0.351 e. The summed E-state index contributed by atoms with van der Waals surface area (Å²) in [5.41, 5.74) is 4.59.